The third-order valence-electron chi connectivity index (χ3n) is 4.24. The van der Waals surface area contributed by atoms with E-state index in [0.717, 1.165) is 19.4 Å². The van der Waals surface area contributed by atoms with Gasteiger partial charge in [-0.2, -0.15) is 0 Å². The van der Waals surface area contributed by atoms with Crippen LogP contribution < -0.4 is 0 Å². The average molecular weight is 342 g/mol. The molecule has 0 N–H and O–H groups in total. The number of halogens is 1. The Bertz CT molecular complexity index is 842. The molecule has 4 nitrogen and oxygen atoms in total. The normalized spacial score (nSPS) is 17.4. The van der Waals surface area contributed by atoms with Crippen molar-refractivity contribution in [3.05, 3.63) is 64.2 Å². The van der Waals surface area contributed by atoms with Gasteiger partial charge in [0.15, 0.2) is 11.5 Å². The summed E-state index contributed by atoms with van der Waals surface area (Å²) in [5.74, 6) is 0.0265. The molecule has 0 bridgehead atoms. The third-order valence-corrected chi connectivity index (χ3v) is 5.22. The fraction of sp³-hybridized carbons (Fsp3) is 0.222. The molecule has 0 radical (unpaired) electrons. The fourth-order valence-corrected chi connectivity index (χ4v) is 3.93. The van der Waals surface area contributed by atoms with Crippen molar-refractivity contribution in [1.82, 2.24) is 10.1 Å². The second-order valence-electron chi connectivity index (χ2n) is 5.76. The van der Waals surface area contributed by atoms with Gasteiger partial charge >= 0.3 is 0 Å². The lowest BCUT2D eigenvalue weighted by Gasteiger charge is -2.22. The van der Waals surface area contributed by atoms with Gasteiger partial charge in [-0.1, -0.05) is 11.2 Å². The first-order valence-corrected chi connectivity index (χ1v) is 8.67. The highest BCUT2D eigenvalue weighted by Crippen LogP contribution is 2.35. The molecule has 1 aliphatic heterocycles. The fourth-order valence-electron chi connectivity index (χ4n) is 3.06. The van der Waals surface area contributed by atoms with Crippen LogP contribution in [0.15, 0.2) is 52.4 Å². The van der Waals surface area contributed by atoms with Crippen LogP contribution in [0.3, 0.4) is 0 Å². The van der Waals surface area contributed by atoms with E-state index in [1.807, 2.05) is 16.3 Å². The quantitative estimate of drug-likeness (QED) is 0.703. The van der Waals surface area contributed by atoms with Crippen LogP contribution in [0, 0.1) is 5.82 Å². The Balaban J connectivity index is 1.57. The zero-order valence-corrected chi connectivity index (χ0v) is 13.6. The summed E-state index contributed by atoms with van der Waals surface area (Å²) in [7, 11) is 0. The molecule has 4 rings (SSSR count). The molecule has 0 spiro atoms. The van der Waals surface area contributed by atoms with Gasteiger partial charge < -0.3 is 9.42 Å². The molecule has 0 saturated carbocycles. The van der Waals surface area contributed by atoms with E-state index in [9.17, 15) is 9.18 Å². The molecule has 0 aliphatic carbocycles. The molecule has 1 amide bonds. The summed E-state index contributed by atoms with van der Waals surface area (Å²) in [6.45, 7) is 0.722. The van der Waals surface area contributed by atoms with Gasteiger partial charge in [0.25, 0.3) is 5.91 Å². The minimum absolute atomic E-state index is 0.114. The molecular weight excluding hydrogens is 327 g/mol. The van der Waals surface area contributed by atoms with E-state index in [1.54, 1.807) is 29.5 Å². The molecule has 6 heteroatoms. The molecule has 1 aliphatic rings. The van der Waals surface area contributed by atoms with Gasteiger partial charge in [0.2, 0.25) is 0 Å². The number of hydrogen-bond donors (Lipinski definition) is 0. The summed E-state index contributed by atoms with van der Waals surface area (Å²) in [5, 5.41) is 5.95. The van der Waals surface area contributed by atoms with Crippen LogP contribution in [0.2, 0.25) is 0 Å². The smallest absolute Gasteiger partial charge is 0.276 e. The first kappa shape index (κ1) is 15.1. The third kappa shape index (κ3) is 2.73. The van der Waals surface area contributed by atoms with Crippen LogP contribution in [-0.4, -0.2) is 22.5 Å². The van der Waals surface area contributed by atoms with Crippen LogP contribution in [0.5, 0.6) is 0 Å². The highest BCUT2D eigenvalue weighted by atomic mass is 32.1. The lowest BCUT2D eigenvalue weighted by molar-refractivity contribution is 0.0727. The topological polar surface area (TPSA) is 46.3 Å². The largest absolute Gasteiger partial charge is 0.355 e. The van der Waals surface area contributed by atoms with Crippen molar-refractivity contribution in [1.29, 1.82) is 0 Å². The Kier molecular flexibility index (Phi) is 3.90. The molecule has 1 atom stereocenters. The molecule has 1 saturated heterocycles. The lowest BCUT2D eigenvalue weighted by atomic mass is 10.1. The van der Waals surface area contributed by atoms with Crippen LogP contribution >= 0.6 is 11.3 Å². The Morgan fingerprint density at radius 2 is 2.12 bits per heavy atom. The molecule has 2 aromatic heterocycles. The summed E-state index contributed by atoms with van der Waals surface area (Å²) < 4.78 is 18.3. The number of carbonyl (C=O) groups is 1. The Labute approximate surface area is 142 Å². The van der Waals surface area contributed by atoms with Crippen molar-refractivity contribution in [3.63, 3.8) is 0 Å². The van der Waals surface area contributed by atoms with Crippen molar-refractivity contribution < 1.29 is 13.7 Å². The van der Waals surface area contributed by atoms with E-state index >= 15 is 0 Å². The number of likely N-dealkylation sites (tertiary alicyclic amines) is 1. The number of benzene rings is 1. The summed E-state index contributed by atoms with van der Waals surface area (Å²) in [5.41, 5.74) is 0.983. The minimum atomic E-state index is -0.314. The number of aromatic nitrogens is 1. The maximum atomic E-state index is 13.0. The summed E-state index contributed by atoms with van der Waals surface area (Å²) in [4.78, 5) is 15.9. The van der Waals surface area contributed by atoms with Gasteiger partial charge in [0, 0.05) is 23.1 Å². The number of carbonyl (C=O) groups excluding carboxylic acids is 1. The van der Waals surface area contributed by atoms with Gasteiger partial charge in [0.05, 0.1) is 6.04 Å². The van der Waals surface area contributed by atoms with Crippen molar-refractivity contribution in [2.24, 2.45) is 0 Å². The zero-order chi connectivity index (χ0) is 16.5. The monoisotopic (exact) mass is 342 g/mol. The Hall–Kier alpha value is -2.47. The van der Waals surface area contributed by atoms with E-state index in [4.69, 9.17) is 4.52 Å². The second kappa shape index (κ2) is 6.20. The maximum absolute atomic E-state index is 13.0. The van der Waals surface area contributed by atoms with Gasteiger partial charge in [-0.25, -0.2) is 4.39 Å². The highest BCUT2D eigenvalue weighted by molar-refractivity contribution is 7.10. The molecule has 3 heterocycles. The van der Waals surface area contributed by atoms with Gasteiger partial charge in [0.1, 0.15) is 5.82 Å². The lowest BCUT2D eigenvalue weighted by Crippen LogP contribution is -2.30. The van der Waals surface area contributed by atoms with Gasteiger partial charge in [-0.15, -0.1) is 11.3 Å². The predicted molar refractivity (Wildman–Crippen MR) is 89.2 cm³/mol. The van der Waals surface area contributed by atoms with E-state index < -0.39 is 0 Å². The van der Waals surface area contributed by atoms with Gasteiger partial charge in [-0.05, 0) is 48.6 Å². The summed E-state index contributed by atoms with van der Waals surface area (Å²) >= 11 is 1.67. The molecule has 122 valence electrons. The second-order valence-corrected chi connectivity index (χ2v) is 6.73. The Morgan fingerprint density at radius 1 is 1.29 bits per heavy atom. The zero-order valence-electron chi connectivity index (χ0n) is 12.8. The van der Waals surface area contributed by atoms with Crippen molar-refractivity contribution in [2.75, 3.05) is 6.54 Å². The van der Waals surface area contributed by atoms with Crippen molar-refractivity contribution in [3.8, 4) is 11.3 Å². The molecule has 1 fully saturated rings. The van der Waals surface area contributed by atoms with E-state index in [1.165, 1.54) is 17.0 Å². The minimum Gasteiger partial charge on any atom is -0.355 e. The van der Waals surface area contributed by atoms with Crippen LogP contribution in [0.4, 0.5) is 4.39 Å². The number of hydrogen-bond acceptors (Lipinski definition) is 4. The van der Waals surface area contributed by atoms with Crippen LogP contribution in [0.1, 0.15) is 34.2 Å². The maximum Gasteiger partial charge on any atom is 0.276 e. The molecule has 24 heavy (non-hydrogen) atoms. The number of amides is 1. The first-order valence-electron chi connectivity index (χ1n) is 7.79. The SMILES string of the molecule is O=C(c1cc(-c2ccc(F)cc2)on1)N1CCC[C@H]1c1cccs1. The average Bonchev–Trinajstić information content (AvgIpc) is 3.34. The van der Waals surface area contributed by atoms with Crippen LogP contribution in [0.25, 0.3) is 11.3 Å². The number of rotatable bonds is 3. The highest BCUT2D eigenvalue weighted by Gasteiger charge is 2.32. The number of thiophene rings is 1. The van der Waals surface area contributed by atoms with Crippen molar-refractivity contribution >= 4 is 17.2 Å². The van der Waals surface area contributed by atoms with Crippen LogP contribution in [-0.2, 0) is 0 Å². The standard InChI is InChI=1S/C18H15FN2O2S/c19-13-7-5-12(6-8-13)16-11-14(20-23-16)18(22)21-9-1-3-15(21)17-4-2-10-24-17/h2,4-8,10-11,15H,1,3,9H2/t15-/m0/s1. The molecular formula is C18H15FN2O2S. The summed E-state index contributed by atoms with van der Waals surface area (Å²) in [6.07, 6.45) is 1.95. The van der Waals surface area contributed by atoms with E-state index in [0.29, 0.717) is 11.3 Å². The first-order chi connectivity index (χ1) is 11.7. The number of nitrogens with zero attached hydrogens (tertiary/aromatic N) is 2. The van der Waals surface area contributed by atoms with E-state index in [-0.39, 0.29) is 23.5 Å². The molecule has 3 aromatic rings. The Morgan fingerprint density at radius 3 is 2.88 bits per heavy atom. The molecule has 1 aromatic carbocycles. The summed E-state index contributed by atoms with van der Waals surface area (Å²) in [6, 6.07) is 11.7. The molecule has 0 unspecified atom stereocenters. The predicted octanol–water partition coefficient (Wildman–Crippen LogP) is 4.52. The van der Waals surface area contributed by atoms with E-state index in [2.05, 4.69) is 11.2 Å². The van der Waals surface area contributed by atoms with Crippen molar-refractivity contribution in [2.45, 2.75) is 18.9 Å². The van der Waals surface area contributed by atoms with Gasteiger partial charge in [-0.3, -0.25) is 4.79 Å².